The maximum Gasteiger partial charge on any atom is 0.206 e. The summed E-state index contributed by atoms with van der Waals surface area (Å²) in [6.45, 7) is 3.97. The number of aromatic nitrogens is 1. The van der Waals surface area contributed by atoms with Crippen molar-refractivity contribution in [3.05, 3.63) is 56.6 Å². The summed E-state index contributed by atoms with van der Waals surface area (Å²) in [4.78, 5) is 5.31. The largest absolute Gasteiger partial charge is 0.504 e. The van der Waals surface area contributed by atoms with Crippen molar-refractivity contribution in [2.75, 3.05) is 0 Å². The number of rotatable bonds is 4. The molecule has 3 N–H and O–H groups in total. The highest BCUT2D eigenvalue weighted by molar-refractivity contribution is 9.10. The Kier molecular flexibility index (Phi) is 5.67. The topological polar surface area (TPSA) is 90.3 Å². The molecule has 0 amide bonds. The summed E-state index contributed by atoms with van der Waals surface area (Å²) < 4.78 is 2.67. The number of aromatic hydroxyl groups is 3. The molecule has 0 aliphatic rings. The molecule has 0 radical (unpaired) electrons. The third-order valence-electron chi connectivity index (χ3n) is 3.67. The second kappa shape index (κ2) is 7.98. The Labute approximate surface area is 168 Å². The van der Waals surface area contributed by atoms with Crippen LogP contribution in [0.2, 0.25) is 0 Å². The zero-order chi connectivity index (χ0) is 19.6. The molecule has 0 atom stereocenters. The van der Waals surface area contributed by atoms with E-state index in [1.54, 1.807) is 4.68 Å². The number of hydrogen-bond donors (Lipinski definition) is 3. The van der Waals surface area contributed by atoms with Crippen LogP contribution in [0.4, 0.5) is 0 Å². The van der Waals surface area contributed by atoms with Gasteiger partial charge >= 0.3 is 0 Å². The van der Waals surface area contributed by atoms with Crippen LogP contribution in [0.5, 0.6) is 17.2 Å². The monoisotopic (exact) mass is 447 g/mol. The lowest BCUT2D eigenvalue weighted by atomic mass is 10.2. The molecular weight excluding hydrogens is 430 g/mol. The molecule has 140 valence electrons. The Bertz CT molecular complexity index is 1050. The van der Waals surface area contributed by atoms with Gasteiger partial charge in [0.15, 0.2) is 11.5 Å². The normalized spacial score (nSPS) is 12.4. The van der Waals surface area contributed by atoms with Gasteiger partial charge in [-0.1, -0.05) is 28.1 Å². The van der Waals surface area contributed by atoms with E-state index in [1.165, 1.54) is 29.7 Å². The third kappa shape index (κ3) is 4.23. The maximum atomic E-state index is 10.0. The van der Waals surface area contributed by atoms with Crippen molar-refractivity contribution in [3.63, 3.8) is 0 Å². The molecule has 8 heteroatoms. The van der Waals surface area contributed by atoms with E-state index in [0.29, 0.717) is 4.80 Å². The molecule has 0 unspecified atom stereocenters. The Morgan fingerprint density at radius 2 is 1.74 bits per heavy atom. The molecule has 0 bridgehead atoms. The Morgan fingerprint density at radius 1 is 1.04 bits per heavy atom. The van der Waals surface area contributed by atoms with Gasteiger partial charge in [0.2, 0.25) is 10.6 Å². The molecule has 27 heavy (non-hydrogen) atoms. The van der Waals surface area contributed by atoms with E-state index in [9.17, 15) is 15.3 Å². The van der Waals surface area contributed by atoms with E-state index in [2.05, 4.69) is 26.0 Å². The fourth-order valence-corrected chi connectivity index (χ4v) is 3.58. The van der Waals surface area contributed by atoms with Crippen LogP contribution in [0.1, 0.15) is 19.4 Å². The zero-order valence-electron chi connectivity index (χ0n) is 14.7. The summed E-state index contributed by atoms with van der Waals surface area (Å²) in [5.41, 5.74) is 2.10. The number of phenols is 3. The van der Waals surface area contributed by atoms with Crippen LogP contribution in [0.25, 0.3) is 11.3 Å². The lowest BCUT2D eigenvalue weighted by molar-refractivity contribution is 0.367. The average molecular weight is 448 g/mol. The average Bonchev–Trinajstić information content (AvgIpc) is 3.01. The molecule has 0 aliphatic carbocycles. The van der Waals surface area contributed by atoms with Gasteiger partial charge in [-0.2, -0.15) is 5.10 Å². The summed E-state index contributed by atoms with van der Waals surface area (Å²) in [5.74, 6) is -1.39. The third-order valence-corrected chi connectivity index (χ3v) is 5.03. The van der Waals surface area contributed by atoms with Gasteiger partial charge < -0.3 is 15.3 Å². The summed E-state index contributed by atoms with van der Waals surface area (Å²) in [5, 5.41) is 35.6. The number of halogens is 1. The van der Waals surface area contributed by atoms with Gasteiger partial charge in [0, 0.05) is 27.0 Å². The lowest BCUT2D eigenvalue weighted by Crippen LogP contribution is -2.14. The van der Waals surface area contributed by atoms with E-state index >= 15 is 0 Å². The Balaban J connectivity index is 2.12. The van der Waals surface area contributed by atoms with Crippen molar-refractivity contribution in [1.82, 2.24) is 4.68 Å². The molecule has 3 aromatic rings. The van der Waals surface area contributed by atoms with Gasteiger partial charge in [0.05, 0.1) is 11.9 Å². The highest BCUT2D eigenvalue weighted by atomic mass is 79.9. The van der Waals surface area contributed by atoms with Crippen molar-refractivity contribution in [2.24, 2.45) is 10.1 Å². The first-order valence-corrected chi connectivity index (χ1v) is 9.82. The van der Waals surface area contributed by atoms with E-state index in [-0.39, 0.29) is 17.4 Å². The van der Waals surface area contributed by atoms with Crippen molar-refractivity contribution in [1.29, 1.82) is 0 Å². The van der Waals surface area contributed by atoms with Crippen LogP contribution in [0, 0.1) is 0 Å². The minimum absolute atomic E-state index is 0.0917. The van der Waals surface area contributed by atoms with Gasteiger partial charge in [-0.25, -0.2) is 4.68 Å². The van der Waals surface area contributed by atoms with Crippen molar-refractivity contribution < 1.29 is 15.3 Å². The summed E-state index contributed by atoms with van der Waals surface area (Å²) >= 11 is 4.90. The smallest absolute Gasteiger partial charge is 0.206 e. The first-order chi connectivity index (χ1) is 12.9. The molecule has 0 saturated carbocycles. The number of phenolic OH excluding ortho intramolecular Hbond substituents is 3. The first kappa shape index (κ1) is 19.2. The predicted octanol–water partition coefficient (Wildman–Crippen LogP) is 4.29. The minimum Gasteiger partial charge on any atom is -0.504 e. The molecule has 0 fully saturated rings. The minimum atomic E-state index is -0.575. The van der Waals surface area contributed by atoms with Crippen LogP contribution in [0.15, 0.2) is 56.3 Å². The predicted molar refractivity (Wildman–Crippen MR) is 111 cm³/mol. The molecule has 3 rings (SSSR count). The molecule has 0 aliphatic heterocycles. The Hall–Kier alpha value is -2.58. The second-order valence-electron chi connectivity index (χ2n) is 6.06. The van der Waals surface area contributed by atoms with Gasteiger partial charge in [0.1, 0.15) is 0 Å². The molecule has 0 spiro atoms. The van der Waals surface area contributed by atoms with Gasteiger partial charge in [-0.15, -0.1) is 11.3 Å². The van der Waals surface area contributed by atoms with Crippen LogP contribution >= 0.6 is 27.3 Å². The molecule has 0 saturated heterocycles. The van der Waals surface area contributed by atoms with Gasteiger partial charge in [0.25, 0.3) is 0 Å². The molecule has 1 aromatic heterocycles. The number of thiazole rings is 1. The number of hydrogen-bond acceptors (Lipinski definition) is 6. The second-order valence-corrected chi connectivity index (χ2v) is 7.81. The number of nitrogens with zero attached hydrogens (tertiary/aromatic N) is 3. The molecule has 2 aromatic carbocycles. The van der Waals surface area contributed by atoms with Gasteiger partial charge in [-0.3, -0.25) is 4.99 Å². The highest BCUT2D eigenvalue weighted by Crippen LogP contribution is 2.36. The molecule has 6 nitrogen and oxygen atoms in total. The standard InChI is InChI=1S/C19H18BrN3O3S/c1-11(2)22-19-23(15(10-27-19)12-3-6-14(20)7-4-12)21-9-13-5-8-16(24)18(26)17(13)25/h3-11,24-26H,1-2H3. The molecular formula is C19H18BrN3O3S. The van der Waals surface area contributed by atoms with Crippen LogP contribution in [-0.2, 0) is 0 Å². The van der Waals surface area contributed by atoms with E-state index in [4.69, 9.17) is 0 Å². The zero-order valence-corrected chi connectivity index (χ0v) is 17.1. The maximum absolute atomic E-state index is 10.0. The highest BCUT2D eigenvalue weighted by Gasteiger charge is 2.11. The number of benzene rings is 2. The van der Waals surface area contributed by atoms with Crippen molar-refractivity contribution >= 4 is 33.5 Å². The van der Waals surface area contributed by atoms with Gasteiger partial charge in [-0.05, 0) is 38.1 Å². The van der Waals surface area contributed by atoms with E-state index < -0.39 is 11.5 Å². The SMILES string of the molecule is CC(C)N=c1scc(-c2ccc(Br)cc2)n1N=Cc1ccc(O)c(O)c1O. The van der Waals surface area contributed by atoms with Crippen LogP contribution in [-0.4, -0.2) is 32.3 Å². The lowest BCUT2D eigenvalue weighted by Gasteiger charge is -2.06. The summed E-state index contributed by atoms with van der Waals surface area (Å²) in [6, 6.07) is 10.7. The van der Waals surface area contributed by atoms with Crippen LogP contribution in [0.3, 0.4) is 0 Å². The van der Waals surface area contributed by atoms with Crippen LogP contribution < -0.4 is 4.80 Å². The Morgan fingerprint density at radius 3 is 2.41 bits per heavy atom. The quantitative estimate of drug-likeness (QED) is 0.411. The van der Waals surface area contributed by atoms with Crippen molar-refractivity contribution in [3.8, 4) is 28.5 Å². The fourth-order valence-electron chi connectivity index (χ4n) is 2.35. The molecule has 1 heterocycles. The van der Waals surface area contributed by atoms with Crippen molar-refractivity contribution in [2.45, 2.75) is 19.9 Å². The first-order valence-electron chi connectivity index (χ1n) is 8.15. The van der Waals surface area contributed by atoms with E-state index in [1.807, 2.05) is 43.5 Å². The summed E-state index contributed by atoms with van der Waals surface area (Å²) in [6.07, 6.45) is 1.42. The fraction of sp³-hybridized carbons (Fsp3) is 0.158. The summed E-state index contributed by atoms with van der Waals surface area (Å²) in [7, 11) is 0. The van der Waals surface area contributed by atoms with E-state index in [0.717, 1.165) is 15.7 Å².